The molecule has 0 aliphatic rings. The topological polar surface area (TPSA) is 108 Å². The van der Waals surface area contributed by atoms with Crippen LogP contribution in [0.3, 0.4) is 0 Å². The Labute approximate surface area is 362 Å². The highest BCUT2D eigenvalue weighted by Crippen LogP contribution is 2.43. The molecule has 0 fully saturated rings. The van der Waals surface area contributed by atoms with Crippen LogP contribution in [0.25, 0.3) is 0 Å². The summed E-state index contributed by atoms with van der Waals surface area (Å²) < 4.78 is 34.3. The molecule has 0 aromatic rings. The summed E-state index contributed by atoms with van der Waals surface area (Å²) >= 11 is 0. The maximum atomic E-state index is 12.7. The number of likely N-dealkylation sites (N-methyl/N-ethyl adjacent to an activating group) is 1. The Bertz CT molecular complexity index is 1190. The van der Waals surface area contributed by atoms with E-state index in [4.69, 9.17) is 18.5 Å². The summed E-state index contributed by atoms with van der Waals surface area (Å²) in [7, 11) is 1.45. The third-order valence-corrected chi connectivity index (χ3v) is 10.8. The second-order valence-electron chi connectivity index (χ2n) is 16.8. The standard InChI is InChI=1S/C49H88NO8P/c1-6-8-10-12-14-16-18-20-21-22-23-24-25-26-27-28-30-31-33-35-37-39-41-48(51)55-45-47(46-57-59(53,54)56-44-43-50(3,4)5)58-49(52)42-40-38-36-34-32-29-19-17-15-13-11-9-7-2/h9,11,13,15,17,19,22-23,25-26,47H,6-8,10,12,14,16,18,20-21,24,27-46H2,1-5H3/p+1/b11-9+,15-13+,19-17+,23-22+,26-25+. The third kappa shape index (κ3) is 45.1. The number of ether oxygens (including phenoxy) is 2. The summed E-state index contributed by atoms with van der Waals surface area (Å²) in [5.41, 5.74) is 0. The molecule has 0 bridgehead atoms. The van der Waals surface area contributed by atoms with Gasteiger partial charge in [0, 0.05) is 12.8 Å². The van der Waals surface area contributed by atoms with Gasteiger partial charge < -0.3 is 18.9 Å². The molecule has 0 saturated heterocycles. The Morgan fingerprint density at radius 2 is 1.03 bits per heavy atom. The molecule has 2 atom stereocenters. The van der Waals surface area contributed by atoms with E-state index in [1.165, 1.54) is 77.0 Å². The summed E-state index contributed by atoms with van der Waals surface area (Å²) in [6.07, 6.45) is 49.9. The lowest BCUT2D eigenvalue weighted by Crippen LogP contribution is -2.37. The van der Waals surface area contributed by atoms with E-state index in [1.54, 1.807) is 0 Å². The molecule has 0 aromatic heterocycles. The Hall–Kier alpha value is -2.29. The van der Waals surface area contributed by atoms with Gasteiger partial charge in [-0.05, 0) is 64.2 Å². The molecule has 10 heteroatoms. The first-order chi connectivity index (χ1) is 28.5. The number of unbranched alkanes of at least 4 members (excludes halogenated alkanes) is 20. The van der Waals surface area contributed by atoms with Crippen molar-refractivity contribution in [2.24, 2.45) is 0 Å². The molecule has 59 heavy (non-hydrogen) atoms. The SMILES string of the molecule is CC/C=C/C=C/C=C/CCCCCCCC(=O)OC(COC(=O)CCCCCCCCC/C=C/C/C=C/CCCCCCCCCC)COP(=O)(O)OCC[N+](C)(C)C. The number of nitrogens with zero attached hydrogens (tertiary/aromatic N) is 1. The molecular weight excluding hydrogens is 762 g/mol. The zero-order valence-electron chi connectivity index (χ0n) is 38.5. The quantitative estimate of drug-likeness (QED) is 0.0162. The average Bonchev–Trinajstić information content (AvgIpc) is 3.19. The van der Waals surface area contributed by atoms with Gasteiger partial charge >= 0.3 is 19.8 Å². The Morgan fingerprint density at radius 1 is 0.559 bits per heavy atom. The summed E-state index contributed by atoms with van der Waals surface area (Å²) in [5.74, 6) is -0.834. The monoisotopic (exact) mass is 851 g/mol. The molecule has 0 saturated carbocycles. The number of quaternary nitrogens is 1. The van der Waals surface area contributed by atoms with Crippen molar-refractivity contribution in [2.75, 3.05) is 47.5 Å². The van der Waals surface area contributed by atoms with Crippen molar-refractivity contribution < 1.29 is 42.1 Å². The minimum atomic E-state index is -4.39. The molecule has 0 aliphatic heterocycles. The van der Waals surface area contributed by atoms with Gasteiger partial charge in [0.05, 0.1) is 27.7 Å². The fraction of sp³-hybridized carbons (Fsp3) is 0.755. The Kier molecular flexibility index (Phi) is 39.5. The van der Waals surface area contributed by atoms with E-state index < -0.39 is 26.5 Å². The molecule has 0 spiro atoms. The molecule has 1 N–H and O–H groups in total. The van der Waals surface area contributed by atoms with Crippen LogP contribution in [0.4, 0.5) is 0 Å². The molecule has 0 rings (SSSR count). The molecule has 0 heterocycles. The number of esters is 2. The molecule has 0 aliphatic carbocycles. The van der Waals surface area contributed by atoms with E-state index in [0.29, 0.717) is 17.4 Å². The van der Waals surface area contributed by atoms with Crippen LogP contribution in [-0.2, 0) is 32.7 Å². The van der Waals surface area contributed by atoms with E-state index in [0.717, 1.165) is 77.0 Å². The van der Waals surface area contributed by atoms with Gasteiger partial charge in [0.25, 0.3) is 0 Å². The molecular formula is C49H89NO8P+. The van der Waals surface area contributed by atoms with E-state index >= 15 is 0 Å². The average molecular weight is 851 g/mol. The zero-order valence-corrected chi connectivity index (χ0v) is 39.4. The highest BCUT2D eigenvalue weighted by Gasteiger charge is 2.27. The lowest BCUT2D eigenvalue weighted by Gasteiger charge is -2.24. The fourth-order valence-corrected chi connectivity index (χ4v) is 6.90. The number of rotatable bonds is 42. The zero-order chi connectivity index (χ0) is 43.6. The van der Waals surface area contributed by atoms with Crippen LogP contribution < -0.4 is 0 Å². The van der Waals surface area contributed by atoms with Crippen LogP contribution in [0.2, 0.25) is 0 Å². The second-order valence-corrected chi connectivity index (χ2v) is 18.3. The summed E-state index contributed by atoms with van der Waals surface area (Å²) in [6, 6.07) is 0. The number of carbonyl (C=O) groups is 2. The number of phosphoric ester groups is 1. The van der Waals surface area contributed by atoms with Crippen LogP contribution in [0, 0.1) is 0 Å². The summed E-state index contributed by atoms with van der Waals surface area (Å²) in [4.78, 5) is 35.4. The van der Waals surface area contributed by atoms with Crippen molar-refractivity contribution in [3.05, 3.63) is 60.8 Å². The summed E-state index contributed by atoms with van der Waals surface area (Å²) in [5, 5.41) is 0. The van der Waals surface area contributed by atoms with E-state index in [-0.39, 0.29) is 32.0 Å². The fourth-order valence-electron chi connectivity index (χ4n) is 6.16. The van der Waals surface area contributed by atoms with Gasteiger partial charge in [-0.25, -0.2) is 4.57 Å². The van der Waals surface area contributed by atoms with Crippen LogP contribution in [-0.4, -0.2) is 74.9 Å². The number of allylic oxidation sites excluding steroid dienone is 10. The number of hydrogen-bond acceptors (Lipinski definition) is 7. The number of carbonyl (C=O) groups excluding carboxylic acids is 2. The van der Waals surface area contributed by atoms with Crippen LogP contribution in [0.1, 0.15) is 187 Å². The molecule has 9 nitrogen and oxygen atoms in total. The van der Waals surface area contributed by atoms with Crippen molar-refractivity contribution in [1.82, 2.24) is 0 Å². The normalized spacial score (nSPS) is 14.1. The molecule has 2 unspecified atom stereocenters. The maximum absolute atomic E-state index is 12.7. The highest BCUT2D eigenvalue weighted by atomic mass is 31.2. The van der Waals surface area contributed by atoms with Gasteiger partial charge in [0.1, 0.15) is 19.8 Å². The lowest BCUT2D eigenvalue weighted by molar-refractivity contribution is -0.870. The minimum Gasteiger partial charge on any atom is -0.462 e. The molecule has 0 aromatic carbocycles. The lowest BCUT2D eigenvalue weighted by atomic mass is 10.1. The first-order valence-electron chi connectivity index (χ1n) is 23.5. The van der Waals surface area contributed by atoms with Crippen molar-refractivity contribution in [1.29, 1.82) is 0 Å². The predicted molar refractivity (Wildman–Crippen MR) is 247 cm³/mol. The van der Waals surface area contributed by atoms with Crippen molar-refractivity contribution >= 4 is 19.8 Å². The Balaban J connectivity index is 4.29. The molecule has 0 radical (unpaired) electrons. The summed E-state index contributed by atoms with van der Waals surface area (Å²) in [6.45, 7) is 4.25. The first kappa shape index (κ1) is 56.7. The van der Waals surface area contributed by atoms with Crippen molar-refractivity contribution in [3.8, 4) is 0 Å². The van der Waals surface area contributed by atoms with Gasteiger partial charge in [-0.15, -0.1) is 0 Å². The third-order valence-electron chi connectivity index (χ3n) is 9.84. The second kappa shape index (κ2) is 41.1. The largest absolute Gasteiger partial charge is 0.472 e. The van der Waals surface area contributed by atoms with Gasteiger partial charge in [-0.2, -0.15) is 0 Å². The predicted octanol–water partition coefficient (Wildman–Crippen LogP) is 13.6. The van der Waals surface area contributed by atoms with E-state index in [9.17, 15) is 19.0 Å². The van der Waals surface area contributed by atoms with Gasteiger partial charge in [0.15, 0.2) is 6.10 Å². The van der Waals surface area contributed by atoms with E-state index in [2.05, 4.69) is 56.4 Å². The number of phosphoric acid groups is 1. The maximum Gasteiger partial charge on any atom is 0.472 e. The number of hydrogen-bond donors (Lipinski definition) is 1. The van der Waals surface area contributed by atoms with Crippen LogP contribution in [0.5, 0.6) is 0 Å². The van der Waals surface area contributed by atoms with Crippen LogP contribution in [0.15, 0.2) is 60.8 Å². The molecule has 0 amide bonds. The first-order valence-corrected chi connectivity index (χ1v) is 25.0. The highest BCUT2D eigenvalue weighted by molar-refractivity contribution is 7.47. The van der Waals surface area contributed by atoms with Crippen molar-refractivity contribution in [2.45, 2.75) is 193 Å². The van der Waals surface area contributed by atoms with Crippen LogP contribution >= 0.6 is 7.82 Å². The van der Waals surface area contributed by atoms with Gasteiger partial charge in [0.2, 0.25) is 0 Å². The smallest absolute Gasteiger partial charge is 0.462 e. The van der Waals surface area contributed by atoms with Gasteiger partial charge in [-0.3, -0.25) is 18.6 Å². The van der Waals surface area contributed by atoms with E-state index in [1.807, 2.05) is 39.4 Å². The molecule has 342 valence electrons. The van der Waals surface area contributed by atoms with Gasteiger partial charge in [-0.1, -0.05) is 171 Å². The minimum absolute atomic E-state index is 0.0234. The Morgan fingerprint density at radius 3 is 1.56 bits per heavy atom. The van der Waals surface area contributed by atoms with Crippen molar-refractivity contribution in [3.63, 3.8) is 0 Å².